The van der Waals surface area contributed by atoms with E-state index >= 15 is 0 Å². The predicted molar refractivity (Wildman–Crippen MR) is 110 cm³/mol. The highest BCUT2D eigenvalue weighted by Gasteiger charge is 2.19. The molecule has 0 atom stereocenters. The van der Waals surface area contributed by atoms with Gasteiger partial charge in [-0.05, 0) is 83.5 Å². The zero-order valence-corrected chi connectivity index (χ0v) is 16.5. The van der Waals surface area contributed by atoms with Gasteiger partial charge >= 0.3 is 0 Å². The van der Waals surface area contributed by atoms with Crippen molar-refractivity contribution < 1.29 is 0 Å². The molecule has 0 aromatic carbocycles. The second kappa shape index (κ2) is 8.06. The molecule has 0 fully saturated rings. The van der Waals surface area contributed by atoms with Crippen LogP contribution in [0.15, 0.2) is 57.9 Å². The summed E-state index contributed by atoms with van der Waals surface area (Å²) >= 11 is 6.91. The molecule has 4 heterocycles. The minimum Gasteiger partial charge on any atom is -0.146 e. The van der Waals surface area contributed by atoms with Crippen molar-refractivity contribution in [2.24, 2.45) is 0 Å². The van der Waals surface area contributed by atoms with Gasteiger partial charge in [-0.3, -0.25) is 0 Å². The molecule has 4 aromatic rings. The second-order valence-corrected chi connectivity index (χ2v) is 9.43. The van der Waals surface area contributed by atoms with E-state index in [-0.39, 0.29) is 0 Å². The molecule has 4 aromatic heterocycles. The van der Waals surface area contributed by atoms with Crippen LogP contribution in [0, 0.1) is 13.8 Å². The van der Waals surface area contributed by atoms with Gasteiger partial charge in [0.15, 0.2) is 0 Å². The molecule has 5 rings (SSSR count). The number of thiophene rings is 4. The predicted octanol–water partition coefficient (Wildman–Crippen LogP) is 7.23. The van der Waals surface area contributed by atoms with Gasteiger partial charge in [-0.2, -0.15) is 0 Å². The van der Waals surface area contributed by atoms with Gasteiger partial charge in [0.2, 0.25) is 0 Å². The molecule has 118 valence electrons. The maximum atomic E-state index is 2.24. The van der Waals surface area contributed by atoms with Crippen molar-refractivity contribution in [2.45, 2.75) is 20.3 Å². The lowest BCUT2D eigenvalue weighted by atomic mass is 10.2. The summed E-state index contributed by atoms with van der Waals surface area (Å²) in [4.78, 5) is 5.82. The SMILES string of the molecule is Cc1ccc(C)s1.c1cc2c(s1)-c1sccc1C2.c1cc[sH+]c1. The topological polar surface area (TPSA) is 0 Å². The molecular weight excluding hydrogens is 356 g/mol. The Morgan fingerprint density at radius 3 is 1.65 bits per heavy atom. The molecule has 1 aliphatic rings. The van der Waals surface area contributed by atoms with Crippen LogP contribution >= 0.6 is 45.3 Å². The first-order valence-corrected chi connectivity index (χ1v) is 11.0. The maximum absolute atomic E-state index is 2.24. The van der Waals surface area contributed by atoms with Crippen molar-refractivity contribution in [2.75, 3.05) is 0 Å². The third-order valence-corrected chi connectivity index (χ3v) is 7.09. The number of hydrogen-bond donors (Lipinski definition) is 0. The van der Waals surface area contributed by atoms with Crippen molar-refractivity contribution in [3.8, 4) is 9.75 Å². The zero-order valence-electron chi connectivity index (χ0n) is 13.2. The van der Waals surface area contributed by atoms with Crippen LogP contribution in [-0.4, -0.2) is 0 Å². The quantitative estimate of drug-likeness (QED) is 0.250. The van der Waals surface area contributed by atoms with Crippen molar-refractivity contribution in [3.05, 3.63) is 78.8 Å². The second-order valence-electron chi connectivity index (χ2n) is 5.22. The van der Waals surface area contributed by atoms with E-state index in [0.717, 1.165) is 6.42 Å². The molecule has 0 nitrogen and oxygen atoms in total. The molecule has 0 spiro atoms. The van der Waals surface area contributed by atoms with Crippen molar-refractivity contribution in [1.82, 2.24) is 0 Å². The van der Waals surface area contributed by atoms with Crippen LogP contribution in [0.1, 0.15) is 20.9 Å². The van der Waals surface area contributed by atoms with Gasteiger partial charge in [0.1, 0.15) is 10.8 Å². The highest BCUT2D eigenvalue weighted by molar-refractivity contribution is 7.20. The Morgan fingerprint density at radius 1 is 0.783 bits per heavy atom. The van der Waals surface area contributed by atoms with Gasteiger partial charge in [0.05, 0.1) is 0 Å². The highest BCUT2D eigenvalue weighted by atomic mass is 32.1. The van der Waals surface area contributed by atoms with Gasteiger partial charge in [0.25, 0.3) is 0 Å². The molecule has 0 aliphatic heterocycles. The first kappa shape index (κ1) is 16.7. The molecule has 0 saturated heterocycles. The fraction of sp³-hybridized carbons (Fsp3) is 0.158. The Bertz CT molecular complexity index is 758. The summed E-state index contributed by atoms with van der Waals surface area (Å²) in [7, 11) is 0. The summed E-state index contributed by atoms with van der Waals surface area (Å²) in [6, 6.07) is 12.8. The molecule has 0 saturated carbocycles. The van der Waals surface area contributed by atoms with E-state index in [0.29, 0.717) is 0 Å². The molecule has 23 heavy (non-hydrogen) atoms. The number of rotatable bonds is 0. The Kier molecular flexibility index (Phi) is 5.84. The van der Waals surface area contributed by atoms with Crippen LogP contribution in [0.5, 0.6) is 0 Å². The largest absolute Gasteiger partial charge is 0.146 e. The summed E-state index contributed by atoms with van der Waals surface area (Å²) in [5.74, 6) is 0. The van der Waals surface area contributed by atoms with Crippen molar-refractivity contribution >= 4 is 45.3 Å². The Hall–Kier alpha value is -1.20. The van der Waals surface area contributed by atoms with Gasteiger partial charge in [0, 0.05) is 25.9 Å². The molecular formula is C19H19S4+. The van der Waals surface area contributed by atoms with Gasteiger partial charge in [-0.1, -0.05) is 0 Å². The van der Waals surface area contributed by atoms with E-state index in [4.69, 9.17) is 0 Å². The van der Waals surface area contributed by atoms with E-state index in [1.807, 2.05) is 46.1 Å². The summed E-state index contributed by atoms with van der Waals surface area (Å²) in [5.41, 5.74) is 3.05. The van der Waals surface area contributed by atoms with Crippen molar-refractivity contribution in [3.63, 3.8) is 0 Å². The lowest BCUT2D eigenvalue weighted by Crippen LogP contribution is -1.72. The smallest absolute Gasteiger partial charge is 0.135 e. The Labute approximate surface area is 153 Å². The van der Waals surface area contributed by atoms with E-state index in [1.165, 1.54) is 42.0 Å². The summed E-state index contributed by atoms with van der Waals surface area (Å²) in [6.45, 7) is 4.25. The van der Waals surface area contributed by atoms with Crippen LogP contribution in [0.4, 0.5) is 0 Å². The van der Waals surface area contributed by atoms with E-state index in [9.17, 15) is 0 Å². The molecule has 0 amide bonds. The fourth-order valence-electron chi connectivity index (χ4n) is 2.36. The molecule has 1 aliphatic carbocycles. The maximum Gasteiger partial charge on any atom is 0.135 e. The average molecular weight is 376 g/mol. The van der Waals surface area contributed by atoms with E-state index in [2.05, 4.69) is 59.6 Å². The van der Waals surface area contributed by atoms with E-state index < -0.39 is 0 Å². The van der Waals surface area contributed by atoms with E-state index in [1.54, 1.807) is 0 Å². The molecule has 4 heteroatoms. The van der Waals surface area contributed by atoms with Crippen molar-refractivity contribution in [1.29, 1.82) is 0 Å². The lowest BCUT2D eigenvalue weighted by Gasteiger charge is -1.84. The average Bonchev–Trinajstić information content (AvgIpc) is 3.29. The van der Waals surface area contributed by atoms with Crippen LogP contribution in [0.25, 0.3) is 9.75 Å². The minimum atomic E-state index is 1.16. The first-order valence-electron chi connectivity index (χ1n) is 7.42. The van der Waals surface area contributed by atoms with Crippen LogP contribution in [-0.2, 0) is 6.42 Å². The first-order chi connectivity index (χ1) is 11.2. The molecule has 0 N–H and O–H groups in total. The number of hydrogen-bond acceptors (Lipinski definition) is 3. The lowest BCUT2D eigenvalue weighted by molar-refractivity contribution is 1.28. The van der Waals surface area contributed by atoms with Gasteiger partial charge < -0.3 is 0 Å². The molecule has 0 unspecified atom stereocenters. The van der Waals surface area contributed by atoms with Gasteiger partial charge in [-0.25, -0.2) is 0 Å². The standard InChI is InChI=1S/C9H6S2.C6H8S.C4H4S/c1-3-10-8-6(1)5-7-2-4-11-9(7)8;1-5-3-4-6(2)7-5;1-2-4-5-3-1/h1-4H,5H2;3-4H,1-2H3;1-4H/p+1. The summed E-state index contributed by atoms with van der Waals surface area (Å²) in [6.07, 6.45) is 1.16. The number of fused-ring (bicyclic) bond motifs is 3. The van der Waals surface area contributed by atoms with Crippen LogP contribution < -0.4 is 0 Å². The number of aryl methyl sites for hydroxylation is 2. The van der Waals surface area contributed by atoms with Crippen LogP contribution in [0.2, 0.25) is 0 Å². The van der Waals surface area contributed by atoms with Crippen LogP contribution in [0.3, 0.4) is 0 Å². The third-order valence-electron chi connectivity index (χ3n) is 3.41. The normalized spacial score (nSPS) is 10.9. The van der Waals surface area contributed by atoms with Gasteiger partial charge in [-0.15, -0.1) is 34.0 Å². The zero-order chi connectivity index (χ0) is 16.1. The molecule has 0 radical (unpaired) electrons. The monoisotopic (exact) mass is 375 g/mol. The highest BCUT2D eigenvalue weighted by Crippen LogP contribution is 2.43. The Morgan fingerprint density at radius 2 is 1.30 bits per heavy atom. The Balaban J connectivity index is 0.000000112. The summed E-state index contributed by atoms with van der Waals surface area (Å²) < 4.78 is 0. The third kappa shape index (κ3) is 4.42. The minimum absolute atomic E-state index is 1.16. The fourth-order valence-corrected chi connectivity index (χ4v) is 5.72. The molecule has 0 bridgehead atoms. The summed E-state index contributed by atoms with van der Waals surface area (Å²) in [5, 5.41) is 8.57.